The number of nitrogens with zero attached hydrogens (tertiary/aromatic N) is 3. The van der Waals surface area contributed by atoms with Gasteiger partial charge in [-0.3, -0.25) is 9.69 Å². The second-order valence-electron chi connectivity index (χ2n) is 8.33. The number of hydrogen-bond acceptors (Lipinski definition) is 4. The fraction of sp³-hybridized carbons (Fsp3) is 0.545. The Morgan fingerprint density at radius 2 is 2.11 bits per heavy atom. The van der Waals surface area contributed by atoms with E-state index in [1.807, 2.05) is 24.6 Å². The molecule has 1 spiro atoms. The zero-order valence-corrected chi connectivity index (χ0v) is 17.3. The van der Waals surface area contributed by atoms with Crippen LogP contribution in [0.3, 0.4) is 0 Å². The number of thiazole rings is 1. The maximum absolute atomic E-state index is 14.0. The van der Waals surface area contributed by atoms with E-state index in [2.05, 4.69) is 14.8 Å². The Morgan fingerprint density at radius 1 is 1.25 bits per heavy atom. The van der Waals surface area contributed by atoms with E-state index in [0.29, 0.717) is 13.0 Å². The summed E-state index contributed by atoms with van der Waals surface area (Å²) in [7, 11) is 0. The third-order valence-electron chi connectivity index (χ3n) is 6.29. The van der Waals surface area contributed by atoms with Crippen LogP contribution in [0, 0.1) is 18.2 Å². The monoisotopic (exact) mass is 401 g/mol. The second-order valence-corrected chi connectivity index (χ2v) is 9.27. The third kappa shape index (κ3) is 4.28. The van der Waals surface area contributed by atoms with Crippen LogP contribution < -0.4 is 0 Å². The summed E-state index contributed by atoms with van der Waals surface area (Å²) in [6.45, 7) is 6.34. The molecule has 0 radical (unpaired) electrons. The minimum Gasteiger partial charge on any atom is -0.342 e. The van der Waals surface area contributed by atoms with Gasteiger partial charge >= 0.3 is 0 Å². The Morgan fingerprint density at radius 3 is 2.89 bits per heavy atom. The molecule has 0 aliphatic carbocycles. The van der Waals surface area contributed by atoms with Crippen molar-refractivity contribution in [2.24, 2.45) is 5.41 Å². The van der Waals surface area contributed by atoms with Gasteiger partial charge in [0, 0.05) is 48.5 Å². The Bertz CT molecular complexity index is 839. The number of likely N-dealkylation sites (tertiary alicyclic amines) is 2. The number of piperidine rings is 1. The number of hydrogen-bond donors (Lipinski definition) is 0. The molecule has 2 aliphatic heterocycles. The predicted octanol–water partition coefficient (Wildman–Crippen LogP) is 4.04. The van der Waals surface area contributed by atoms with Crippen molar-refractivity contribution in [3.05, 3.63) is 51.7 Å². The lowest BCUT2D eigenvalue weighted by Gasteiger charge is -2.40. The molecule has 0 unspecified atom stereocenters. The Kier molecular flexibility index (Phi) is 5.78. The molecule has 28 heavy (non-hydrogen) atoms. The van der Waals surface area contributed by atoms with E-state index < -0.39 is 0 Å². The van der Waals surface area contributed by atoms with Gasteiger partial charge in [0.1, 0.15) is 5.82 Å². The molecule has 2 fully saturated rings. The van der Waals surface area contributed by atoms with E-state index in [1.165, 1.54) is 17.4 Å². The van der Waals surface area contributed by atoms with E-state index in [4.69, 9.17) is 0 Å². The number of carbonyl (C=O) groups excluding carboxylic acids is 1. The highest BCUT2D eigenvalue weighted by Crippen LogP contribution is 2.39. The molecule has 1 aromatic heterocycles. The molecule has 2 aliphatic rings. The molecule has 0 bridgehead atoms. The highest BCUT2D eigenvalue weighted by Gasteiger charge is 2.42. The first-order chi connectivity index (χ1) is 13.5. The summed E-state index contributed by atoms with van der Waals surface area (Å²) in [6.07, 6.45) is 4.71. The number of amides is 1. The summed E-state index contributed by atoms with van der Waals surface area (Å²) in [4.78, 5) is 22.7. The Labute approximate surface area is 170 Å². The summed E-state index contributed by atoms with van der Waals surface area (Å²) < 4.78 is 14.0. The van der Waals surface area contributed by atoms with Crippen LogP contribution in [0.5, 0.6) is 0 Å². The molecular formula is C22H28FN3OS. The maximum atomic E-state index is 14.0. The van der Waals surface area contributed by atoms with E-state index in [9.17, 15) is 9.18 Å². The average molecular weight is 402 g/mol. The lowest BCUT2D eigenvalue weighted by atomic mass is 9.79. The fourth-order valence-electron chi connectivity index (χ4n) is 4.74. The zero-order valence-electron chi connectivity index (χ0n) is 16.5. The van der Waals surface area contributed by atoms with Crippen molar-refractivity contribution in [1.82, 2.24) is 14.8 Å². The smallest absolute Gasteiger partial charge is 0.222 e. The highest BCUT2D eigenvalue weighted by atomic mass is 32.1. The van der Waals surface area contributed by atoms with Crippen molar-refractivity contribution in [3.8, 4) is 0 Å². The first-order valence-corrected chi connectivity index (χ1v) is 11.1. The van der Waals surface area contributed by atoms with Crippen molar-refractivity contribution < 1.29 is 9.18 Å². The van der Waals surface area contributed by atoms with Gasteiger partial charge in [-0.2, -0.15) is 0 Å². The van der Waals surface area contributed by atoms with Crippen molar-refractivity contribution in [3.63, 3.8) is 0 Å². The summed E-state index contributed by atoms with van der Waals surface area (Å²) >= 11 is 1.64. The number of benzene rings is 1. The molecular weight excluding hydrogens is 373 g/mol. The van der Waals surface area contributed by atoms with Crippen LogP contribution in [0.1, 0.15) is 41.8 Å². The summed E-state index contributed by atoms with van der Waals surface area (Å²) in [5, 5.41) is 0. The second kappa shape index (κ2) is 8.29. The van der Waals surface area contributed by atoms with Gasteiger partial charge in [-0.1, -0.05) is 18.2 Å². The number of aryl methyl sites for hydroxylation is 2. The molecule has 1 atom stereocenters. The van der Waals surface area contributed by atoms with Gasteiger partial charge in [0.25, 0.3) is 0 Å². The molecule has 3 heterocycles. The predicted molar refractivity (Wildman–Crippen MR) is 110 cm³/mol. The first kappa shape index (κ1) is 19.5. The summed E-state index contributed by atoms with van der Waals surface area (Å²) in [5.74, 6) is 0.139. The molecule has 1 amide bonds. The van der Waals surface area contributed by atoms with Crippen molar-refractivity contribution >= 4 is 17.2 Å². The standard InChI is InChI=1S/C22H28FN3OS/c1-17-20(28-16-24-17)7-8-21(27)26-12-10-22(15-26)9-4-11-25(14-22)13-18-5-2-3-6-19(18)23/h2-3,5-6,16H,4,7-15H2,1H3/t22-/m0/s1. The maximum Gasteiger partial charge on any atom is 0.222 e. The quantitative estimate of drug-likeness (QED) is 0.759. The molecule has 0 N–H and O–H groups in total. The van der Waals surface area contributed by atoms with Gasteiger partial charge < -0.3 is 4.90 Å². The molecule has 2 aromatic rings. The minimum atomic E-state index is -0.122. The summed E-state index contributed by atoms with van der Waals surface area (Å²) in [6, 6.07) is 7.06. The van der Waals surface area contributed by atoms with Crippen LogP contribution in [-0.2, 0) is 17.8 Å². The van der Waals surface area contributed by atoms with Gasteiger partial charge in [-0.05, 0) is 45.2 Å². The lowest BCUT2D eigenvalue weighted by molar-refractivity contribution is -0.130. The van der Waals surface area contributed by atoms with Gasteiger partial charge in [0.2, 0.25) is 5.91 Å². The lowest BCUT2D eigenvalue weighted by Crippen LogP contribution is -2.45. The van der Waals surface area contributed by atoms with E-state index in [0.717, 1.165) is 56.7 Å². The molecule has 0 saturated carbocycles. The minimum absolute atomic E-state index is 0.122. The van der Waals surface area contributed by atoms with Gasteiger partial charge in [0.05, 0.1) is 11.2 Å². The van der Waals surface area contributed by atoms with Gasteiger partial charge in [0.15, 0.2) is 0 Å². The number of carbonyl (C=O) groups is 1. The Hall–Kier alpha value is -1.79. The zero-order chi connectivity index (χ0) is 19.6. The van der Waals surface area contributed by atoms with Crippen LogP contribution in [0.4, 0.5) is 4.39 Å². The Balaban J connectivity index is 1.33. The molecule has 150 valence electrons. The molecule has 4 rings (SSSR count). The molecule has 1 aromatic carbocycles. The highest BCUT2D eigenvalue weighted by molar-refractivity contribution is 7.09. The van der Waals surface area contributed by atoms with Crippen LogP contribution in [0.2, 0.25) is 0 Å². The van der Waals surface area contributed by atoms with Crippen molar-refractivity contribution in [1.29, 1.82) is 0 Å². The van der Waals surface area contributed by atoms with Gasteiger partial charge in [-0.25, -0.2) is 9.37 Å². The van der Waals surface area contributed by atoms with E-state index in [1.54, 1.807) is 17.4 Å². The third-order valence-corrected chi connectivity index (χ3v) is 7.29. The van der Waals surface area contributed by atoms with Crippen LogP contribution in [0.25, 0.3) is 0 Å². The summed E-state index contributed by atoms with van der Waals surface area (Å²) in [5.41, 5.74) is 3.85. The van der Waals surface area contributed by atoms with Crippen LogP contribution >= 0.6 is 11.3 Å². The molecule has 2 saturated heterocycles. The topological polar surface area (TPSA) is 36.4 Å². The van der Waals surface area contributed by atoms with Crippen molar-refractivity contribution in [2.75, 3.05) is 26.2 Å². The largest absolute Gasteiger partial charge is 0.342 e. The normalized spacial score (nSPS) is 22.9. The SMILES string of the molecule is Cc1ncsc1CCC(=O)N1CC[C@]2(CCCN(Cc3ccccc3F)C2)C1. The van der Waals surface area contributed by atoms with E-state index >= 15 is 0 Å². The number of rotatable bonds is 5. The first-order valence-electron chi connectivity index (χ1n) is 10.2. The number of aromatic nitrogens is 1. The fourth-order valence-corrected chi connectivity index (χ4v) is 5.52. The van der Waals surface area contributed by atoms with Gasteiger partial charge in [-0.15, -0.1) is 11.3 Å². The van der Waals surface area contributed by atoms with Crippen molar-refractivity contribution in [2.45, 2.75) is 45.6 Å². The van der Waals surface area contributed by atoms with Crippen LogP contribution in [0.15, 0.2) is 29.8 Å². The van der Waals surface area contributed by atoms with E-state index in [-0.39, 0.29) is 17.1 Å². The van der Waals surface area contributed by atoms with Crippen LogP contribution in [-0.4, -0.2) is 46.9 Å². The molecule has 4 nitrogen and oxygen atoms in total. The average Bonchev–Trinajstić information content (AvgIpc) is 3.28. The molecule has 6 heteroatoms. The number of halogens is 1.